The van der Waals surface area contributed by atoms with E-state index in [1.165, 1.54) is 250 Å². The minimum atomic E-state index is -0.842. The van der Waals surface area contributed by atoms with Crippen molar-refractivity contribution in [1.29, 1.82) is 0 Å². The molecule has 0 spiro atoms. The van der Waals surface area contributed by atoms with Gasteiger partial charge in [0.05, 0.1) is 18.8 Å². The van der Waals surface area contributed by atoms with Crippen LogP contribution >= 0.6 is 0 Å². The summed E-state index contributed by atoms with van der Waals surface area (Å²) in [6.07, 6.45) is 71.6. The molecule has 4 nitrogen and oxygen atoms in total. The normalized spacial score (nSPS) is 13.0. The first-order valence-corrected chi connectivity index (χ1v) is 27.7. The lowest BCUT2D eigenvalue weighted by Crippen LogP contribution is -2.45. The number of nitrogens with one attached hydrogen (secondary N) is 1. The van der Waals surface area contributed by atoms with Gasteiger partial charge in [0.2, 0.25) is 5.91 Å². The summed E-state index contributed by atoms with van der Waals surface area (Å²) < 4.78 is 0. The van der Waals surface area contributed by atoms with Crippen LogP contribution < -0.4 is 5.32 Å². The fourth-order valence-electron chi connectivity index (χ4n) is 8.62. The van der Waals surface area contributed by atoms with Crippen LogP contribution in [0.25, 0.3) is 0 Å². The molecule has 0 aromatic carbocycles. The second-order valence-corrected chi connectivity index (χ2v) is 19.0. The van der Waals surface area contributed by atoms with Gasteiger partial charge in [-0.1, -0.05) is 281 Å². The topological polar surface area (TPSA) is 69.6 Å². The third-order valence-corrected chi connectivity index (χ3v) is 12.9. The summed E-state index contributed by atoms with van der Waals surface area (Å²) in [6, 6.07) is -0.625. The molecule has 0 radical (unpaired) electrons. The second-order valence-electron chi connectivity index (χ2n) is 19.0. The van der Waals surface area contributed by atoms with Gasteiger partial charge in [-0.15, -0.1) is 0 Å². The summed E-state index contributed by atoms with van der Waals surface area (Å²) in [5, 5.41) is 23.2. The van der Waals surface area contributed by atoms with Crippen LogP contribution in [0.2, 0.25) is 0 Å². The van der Waals surface area contributed by atoms with E-state index in [2.05, 4.69) is 43.5 Å². The fourth-order valence-corrected chi connectivity index (χ4v) is 8.62. The van der Waals surface area contributed by atoms with E-state index in [0.29, 0.717) is 6.42 Å². The molecular weight excluding hydrogens is 747 g/mol. The Kier molecular flexibility index (Phi) is 51.7. The number of hydrogen-bond acceptors (Lipinski definition) is 3. The van der Waals surface area contributed by atoms with Gasteiger partial charge in [-0.05, 0) is 51.4 Å². The molecule has 0 aliphatic heterocycles. The lowest BCUT2D eigenvalue weighted by atomic mass is 10.0. The zero-order valence-corrected chi connectivity index (χ0v) is 41.4. The lowest BCUT2D eigenvalue weighted by Gasteiger charge is -2.20. The van der Waals surface area contributed by atoms with Crippen LogP contribution in [0.4, 0.5) is 0 Å². The van der Waals surface area contributed by atoms with E-state index < -0.39 is 12.1 Å². The number of carbonyl (C=O) groups is 1. The highest BCUT2D eigenvalue weighted by Crippen LogP contribution is 2.17. The van der Waals surface area contributed by atoms with Gasteiger partial charge >= 0.3 is 0 Å². The van der Waals surface area contributed by atoms with E-state index in [1.54, 1.807) is 6.08 Å². The quantitative estimate of drug-likeness (QED) is 0.0422. The first-order valence-electron chi connectivity index (χ1n) is 27.7. The highest BCUT2D eigenvalue weighted by molar-refractivity contribution is 5.76. The van der Waals surface area contributed by atoms with Gasteiger partial charge < -0.3 is 15.5 Å². The zero-order valence-electron chi connectivity index (χ0n) is 41.4. The van der Waals surface area contributed by atoms with Crippen molar-refractivity contribution in [3.8, 4) is 0 Å². The van der Waals surface area contributed by atoms with E-state index >= 15 is 0 Å². The summed E-state index contributed by atoms with van der Waals surface area (Å²) in [6.45, 7) is 4.31. The van der Waals surface area contributed by atoms with Crippen LogP contribution in [0, 0.1) is 0 Å². The van der Waals surface area contributed by atoms with Crippen molar-refractivity contribution in [2.24, 2.45) is 0 Å². The van der Waals surface area contributed by atoms with Crippen LogP contribution in [0.3, 0.4) is 0 Å². The number of hydrogen-bond donors (Lipinski definition) is 3. The second kappa shape index (κ2) is 53.0. The predicted molar refractivity (Wildman–Crippen MR) is 272 cm³/mol. The van der Waals surface area contributed by atoms with E-state index in [9.17, 15) is 15.0 Å². The van der Waals surface area contributed by atoms with Crippen molar-refractivity contribution in [2.45, 2.75) is 315 Å². The largest absolute Gasteiger partial charge is 0.394 e. The van der Waals surface area contributed by atoms with Crippen molar-refractivity contribution in [3.63, 3.8) is 0 Å². The third-order valence-electron chi connectivity index (χ3n) is 12.9. The molecule has 0 rings (SSSR count). The molecule has 2 unspecified atom stereocenters. The van der Waals surface area contributed by atoms with E-state index in [1.807, 2.05) is 6.08 Å². The molecule has 0 aliphatic rings. The summed E-state index contributed by atoms with van der Waals surface area (Å²) in [7, 11) is 0. The Hall–Kier alpha value is -1.39. The van der Waals surface area contributed by atoms with Gasteiger partial charge in [-0.3, -0.25) is 4.79 Å². The molecule has 1 amide bonds. The monoisotopic (exact) mass is 856 g/mol. The smallest absolute Gasteiger partial charge is 0.220 e. The van der Waals surface area contributed by atoms with Crippen molar-refractivity contribution in [1.82, 2.24) is 5.32 Å². The number of unbranched alkanes of at least 4 members (excludes halogenated alkanes) is 40. The molecule has 0 aromatic heterocycles. The number of amides is 1. The van der Waals surface area contributed by atoms with E-state index in [-0.39, 0.29) is 12.5 Å². The van der Waals surface area contributed by atoms with Crippen LogP contribution in [-0.2, 0) is 4.79 Å². The molecule has 360 valence electrons. The molecule has 2 atom stereocenters. The van der Waals surface area contributed by atoms with Gasteiger partial charge in [0.1, 0.15) is 0 Å². The maximum absolute atomic E-state index is 12.4. The van der Waals surface area contributed by atoms with Gasteiger partial charge in [0.25, 0.3) is 0 Å². The van der Waals surface area contributed by atoms with Crippen LogP contribution in [0.15, 0.2) is 36.5 Å². The van der Waals surface area contributed by atoms with Crippen molar-refractivity contribution in [2.75, 3.05) is 6.61 Å². The standard InChI is InChI=1S/C57H109NO3/c1-3-5-7-9-11-13-15-17-19-21-23-24-25-26-27-28-29-30-31-32-33-35-36-38-40-42-44-46-48-50-52-56(60)55(54-59)58-57(61)53-51-49-47-45-43-41-39-37-34-22-20-18-16-14-12-10-8-6-4-2/h12,14,18,20,50,52,55-56,59-60H,3-11,13,15-17,19,21-49,51,53-54H2,1-2H3,(H,58,61)/b14-12-,20-18-,52-50+. The minimum Gasteiger partial charge on any atom is -0.394 e. The zero-order chi connectivity index (χ0) is 44.2. The average Bonchev–Trinajstić information content (AvgIpc) is 3.26. The predicted octanol–water partition coefficient (Wildman–Crippen LogP) is 18.1. The average molecular weight is 857 g/mol. The maximum Gasteiger partial charge on any atom is 0.220 e. The van der Waals surface area contributed by atoms with E-state index in [4.69, 9.17) is 0 Å². The molecule has 3 N–H and O–H groups in total. The molecule has 61 heavy (non-hydrogen) atoms. The Morgan fingerprint density at radius 3 is 1.02 bits per heavy atom. The Morgan fingerprint density at radius 2 is 0.672 bits per heavy atom. The first kappa shape index (κ1) is 59.6. The van der Waals surface area contributed by atoms with Gasteiger partial charge in [-0.25, -0.2) is 0 Å². The van der Waals surface area contributed by atoms with Crippen LogP contribution in [0.1, 0.15) is 303 Å². The number of rotatable bonds is 51. The van der Waals surface area contributed by atoms with Crippen molar-refractivity contribution >= 4 is 5.91 Å². The number of allylic oxidation sites excluding steroid dienone is 5. The summed E-state index contributed by atoms with van der Waals surface area (Å²) in [5.41, 5.74) is 0. The number of carbonyl (C=O) groups excluding carboxylic acids is 1. The Labute approximate surface area is 382 Å². The summed E-state index contributed by atoms with van der Waals surface area (Å²) in [4.78, 5) is 12.4. The molecule has 4 heteroatoms. The Bertz CT molecular complexity index is 928. The van der Waals surface area contributed by atoms with Crippen molar-refractivity contribution < 1.29 is 15.0 Å². The third kappa shape index (κ3) is 49.5. The van der Waals surface area contributed by atoms with Crippen LogP contribution in [-0.4, -0.2) is 34.9 Å². The first-order chi connectivity index (χ1) is 30.2. The molecule has 0 heterocycles. The number of aliphatic hydroxyl groups is 2. The minimum absolute atomic E-state index is 0.0655. The molecule has 0 aromatic rings. The summed E-state index contributed by atoms with van der Waals surface area (Å²) in [5.74, 6) is -0.0655. The molecule has 0 saturated carbocycles. The molecule has 0 aliphatic carbocycles. The lowest BCUT2D eigenvalue weighted by molar-refractivity contribution is -0.123. The van der Waals surface area contributed by atoms with Gasteiger partial charge in [0.15, 0.2) is 0 Å². The SMILES string of the molecule is CCCCC/C=C\C/C=C\CCCCCCCCCCCC(=O)NC(CO)C(O)/C=C/CCCCCCCCCCCCCCCCCCCCCCCCCCCCCC. The molecule has 0 saturated heterocycles. The van der Waals surface area contributed by atoms with Gasteiger partial charge in [-0.2, -0.15) is 0 Å². The Morgan fingerprint density at radius 1 is 0.393 bits per heavy atom. The van der Waals surface area contributed by atoms with Crippen molar-refractivity contribution in [3.05, 3.63) is 36.5 Å². The van der Waals surface area contributed by atoms with E-state index in [0.717, 1.165) is 32.1 Å². The van der Waals surface area contributed by atoms with Gasteiger partial charge in [0, 0.05) is 6.42 Å². The maximum atomic E-state index is 12.4. The van der Waals surface area contributed by atoms with Crippen LogP contribution in [0.5, 0.6) is 0 Å². The summed E-state index contributed by atoms with van der Waals surface area (Å²) >= 11 is 0. The molecule has 0 fully saturated rings. The molecular formula is C57H109NO3. The molecule has 0 bridgehead atoms. The highest BCUT2D eigenvalue weighted by atomic mass is 16.3. The fraction of sp³-hybridized carbons (Fsp3) is 0.877. The number of aliphatic hydroxyl groups excluding tert-OH is 2. The highest BCUT2D eigenvalue weighted by Gasteiger charge is 2.18. The Balaban J connectivity index is 3.47.